The molecule has 33 heavy (non-hydrogen) atoms. The topological polar surface area (TPSA) is 63.0 Å². The Balaban J connectivity index is 1.81. The molecule has 0 fully saturated rings. The second-order valence-electron chi connectivity index (χ2n) is 8.65. The van der Waals surface area contributed by atoms with Crippen molar-refractivity contribution in [1.82, 2.24) is 9.80 Å². The van der Waals surface area contributed by atoms with Gasteiger partial charge in [0.25, 0.3) is 5.91 Å². The van der Waals surface area contributed by atoms with Crippen molar-refractivity contribution in [3.63, 3.8) is 0 Å². The van der Waals surface area contributed by atoms with E-state index in [0.717, 1.165) is 31.4 Å². The van der Waals surface area contributed by atoms with E-state index >= 15 is 0 Å². The average molecular weight is 453 g/mol. The zero-order chi connectivity index (χ0) is 23.5. The quantitative estimate of drug-likeness (QED) is 0.444. The van der Waals surface area contributed by atoms with Gasteiger partial charge in [-0.2, -0.15) is 0 Å². The number of ether oxygens (including phenoxy) is 1. The average Bonchev–Trinajstić information content (AvgIpc) is 3.07. The molecule has 174 valence electrons. The molecule has 0 radical (unpaired) electrons. The summed E-state index contributed by atoms with van der Waals surface area (Å²) < 4.78 is 25.6. The molecule has 0 unspecified atom stereocenters. The molecular weight excluding hydrogens is 423 g/mol. The summed E-state index contributed by atoms with van der Waals surface area (Å²) in [6.07, 6.45) is 2.69. The smallest absolute Gasteiger partial charge is 0.290 e. The third kappa shape index (κ3) is 4.64. The Morgan fingerprint density at radius 3 is 2.70 bits per heavy atom. The van der Waals surface area contributed by atoms with Gasteiger partial charge in [0.2, 0.25) is 5.76 Å². The van der Waals surface area contributed by atoms with Gasteiger partial charge in [-0.15, -0.1) is 0 Å². The fourth-order valence-corrected chi connectivity index (χ4v) is 4.24. The molecule has 1 amide bonds. The van der Waals surface area contributed by atoms with Gasteiger partial charge in [-0.1, -0.05) is 25.5 Å². The zero-order valence-electron chi connectivity index (χ0n) is 19.3. The van der Waals surface area contributed by atoms with Gasteiger partial charge in [0.05, 0.1) is 23.6 Å². The summed E-state index contributed by atoms with van der Waals surface area (Å²) in [6.45, 7) is 3.94. The molecule has 7 heteroatoms. The Labute approximate surface area is 192 Å². The van der Waals surface area contributed by atoms with Gasteiger partial charge in [0.15, 0.2) is 5.43 Å². The van der Waals surface area contributed by atoms with E-state index in [0.29, 0.717) is 18.9 Å². The van der Waals surface area contributed by atoms with Crippen molar-refractivity contribution in [2.24, 2.45) is 0 Å². The number of hydrogen-bond donors (Lipinski definition) is 0. The summed E-state index contributed by atoms with van der Waals surface area (Å²) in [6, 6.07) is 10.7. The Morgan fingerprint density at radius 2 is 1.94 bits per heavy atom. The standard InChI is InChI=1S/C26H29FN2O4/c1-4-5-14-32-19-9-6-8-17(15-19)23-22-24(30)20-16-18(27)10-11-21(20)33-25(22)26(31)29(23)13-7-12-28(2)3/h6,8-11,15-16,23H,4-5,7,12-14H2,1-3H3/t23-/m1/s1. The van der Waals surface area contributed by atoms with Crippen LogP contribution in [-0.2, 0) is 0 Å². The fourth-order valence-electron chi connectivity index (χ4n) is 4.24. The molecule has 0 spiro atoms. The SMILES string of the molecule is CCCCOc1cccc([C@@H]2c3c(oc4ccc(F)cc4c3=O)C(=O)N2CCCN(C)C)c1. The Morgan fingerprint density at radius 1 is 1.12 bits per heavy atom. The summed E-state index contributed by atoms with van der Waals surface area (Å²) in [4.78, 5) is 30.6. The van der Waals surface area contributed by atoms with Crippen LogP contribution in [0.5, 0.6) is 5.75 Å². The minimum atomic E-state index is -0.617. The van der Waals surface area contributed by atoms with Crippen LogP contribution in [0.1, 0.15) is 53.9 Å². The van der Waals surface area contributed by atoms with E-state index in [-0.39, 0.29) is 33.6 Å². The number of carbonyl (C=O) groups is 1. The third-order valence-electron chi connectivity index (χ3n) is 5.87. The van der Waals surface area contributed by atoms with E-state index in [4.69, 9.17) is 9.15 Å². The molecule has 0 bridgehead atoms. The molecular formula is C26H29FN2O4. The van der Waals surface area contributed by atoms with E-state index in [1.807, 2.05) is 43.3 Å². The molecule has 2 aromatic carbocycles. The monoisotopic (exact) mass is 452 g/mol. The van der Waals surface area contributed by atoms with Crippen LogP contribution in [-0.4, -0.2) is 49.5 Å². The van der Waals surface area contributed by atoms with Gasteiger partial charge < -0.3 is 19.0 Å². The summed E-state index contributed by atoms with van der Waals surface area (Å²) >= 11 is 0. The Bertz CT molecular complexity index is 1220. The first kappa shape index (κ1) is 23.0. The number of rotatable bonds is 9. The number of unbranched alkanes of at least 4 members (excludes halogenated alkanes) is 1. The van der Waals surface area contributed by atoms with Crippen LogP contribution in [0.3, 0.4) is 0 Å². The Hall–Kier alpha value is -3.19. The lowest BCUT2D eigenvalue weighted by molar-refractivity contribution is 0.0722. The molecule has 2 heterocycles. The summed E-state index contributed by atoms with van der Waals surface area (Å²) in [5.74, 6) is -0.128. The number of benzene rings is 2. The maximum absolute atomic E-state index is 13.9. The summed E-state index contributed by atoms with van der Waals surface area (Å²) in [5, 5.41) is 0.136. The minimum absolute atomic E-state index is 0.0336. The van der Waals surface area contributed by atoms with Crippen molar-refractivity contribution in [2.75, 3.05) is 33.8 Å². The van der Waals surface area contributed by atoms with Crippen LogP contribution < -0.4 is 10.2 Å². The predicted molar refractivity (Wildman–Crippen MR) is 125 cm³/mol. The third-order valence-corrected chi connectivity index (χ3v) is 5.87. The molecule has 1 aromatic heterocycles. The van der Waals surface area contributed by atoms with Crippen molar-refractivity contribution in [3.8, 4) is 5.75 Å². The maximum atomic E-state index is 13.9. The van der Waals surface area contributed by atoms with Crippen molar-refractivity contribution in [3.05, 3.63) is 75.4 Å². The molecule has 0 N–H and O–H groups in total. The zero-order valence-corrected chi connectivity index (χ0v) is 19.3. The van der Waals surface area contributed by atoms with E-state index in [2.05, 4.69) is 6.92 Å². The van der Waals surface area contributed by atoms with Crippen LogP contribution >= 0.6 is 0 Å². The molecule has 0 aliphatic carbocycles. The van der Waals surface area contributed by atoms with Gasteiger partial charge in [-0.25, -0.2) is 4.39 Å². The largest absolute Gasteiger partial charge is 0.494 e. The molecule has 6 nitrogen and oxygen atoms in total. The normalized spacial score (nSPS) is 15.5. The van der Waals surface area contributed by atoms with Crippen molar-refractivity contribution < 1.29 is 18.3 Å². The van der Waals surface area contributed by atoms with Crippen molar-refractivity contribution >= 4 is 16.9 Å². The number of amides is 1. The van der Waals surface area contributed by atoms with Crippen LogP contribution in [0.25, 0.3) is 11.0 Å². The highest BCUT2D eigenvalue weighted by Gasteiger charge is 2.42. The van der Waals surface area contributed by atoms with Crippen LogP contribution in [0, 0.1) is 5.82 Å². The molecule has 1 aliphatic rings. The minimum Gasteiger partial charge on any atom is -0.494 e. The van der Waals surface area contributed by atoms with E-state index in [1.165, 1.54) is 18.2 Å². The van der Waals surface area contributed by atoms with Crippen LogP contribution in [0.2, 0.25) is 0 Å². The first-order chi connectivity index (χ1) is 15.9. The Kier molecular flexibility index (Phi) is 6.79. The number of nitrogens with zero attached hydrogens (tertiary/aromatic N) is 2. The van der Waals surface area contributed by atoms with Gasteiger partial charge in [-0.05, 0) is 69.4 Å². The van der Waals surface area contributed by atoms with Gasteiger partial charge in [0.1, 0.15) is 17.1 Å². The van der Waals surface area contributed by atoms with Gasteiger partial charge >= 0.3 is 0 Å². The summed E-state index contributed by atoms with van der Waals surface area (Å²) in [5.41, 5.74) is 0.855. The predicted octanol–water partition coefficient (Wildman–Crippen LogP) is 4.61. The lowest BCUT2D eigenvalue weighted by Crippen LogP contribution is -2.32. The number of fused-ring (bicyclic) bond motifs is 2. The van der Waals surface area contributed by atoms with Gasteiger partial charge in [-0.3, -0.25) is 9.59 Å². The van der Waals surface area contributed by atoms with E-state index in [9.17, 15) is 14.0 Å². The maximum Gasteiger partial charge on any atom is 0.290 e. The molecule has 0 saturated heterocycles. The van der Waals surface area contributed by atoms with E-state index in [1.54, 1.807) is 4.90 Å². The molecule has 1 atom stereocenters. The van der Waals surface area contributed by atoms with E-state index < -0.39 is 11.9 Å². The molecule has 4 rings (SSSR count). The highest BCUT2D eigenvalue weighted by molar-refractivity contribution is 5.99. The number of hydrogen-bond acceptors (Lipinski definition) is 5. The first-order valence-electron chi connectivity index (χ1n) is 11.4. The fraction of sp³-hybridized carbons (Fsp3) is 0.385. The van der Waals surface area contributed by atoms with Crippen LogP contribution in [0.4, 0.5) is 4.39 Å². The highest BCUT2D eigenvalue weighted by atomic mass is 19.1. The second-order valence-corrected chi connectivity index (χ2v) is 8.65. The van der Waals surface area contributed by atoms with Gasteiger partial charge in [0, 0.05) is 6.54 Å². The summed E-state index contributed by atoms with van der Waals surface area (Å²) in [7, 11) is 3.95. The molecule has 0 saturated carbocycles. The first-order valence-corrected chi connectivity index (χ1v) is 11.4. The lowest BCUT2D eigenvalue weighted by atomic mass is 9.98. The van der Waals surface area contributed by atoms with Crippen molar-refractivity contribution in [1.29, 1.82) is 0 Å². The number of carbonyl (C=O) groups excluding carboxylic acids is 1. The van der Waals surface area contributed by atoms with Crippen molar-refractivity contribution in [2.45, 2.75) is 32.2 Å². The lowest BCUT2D eigenvalue weighted by Gasteiger charge is -2.26. The number of halogens is 1. The highest BCUT2D eigenvalue weighted by Crippen LogP contribution is 2.39. The second kappa shape index (κ2) is 9.75. The molecule has 3 aromatic rings. The van der Waals surface area contributed by atoms with Crippen LogP contribution in [0.15, 0.2) is 51.7 Å². The molecule has 1 aliphatic heterocycles.